The predicted molar refractivity (Wildman–Crippen MR) is 82.0 cm³/mol. The van der Waals surface area contributed by atoms with E-state index < -0.39 is 11.9 Å². The first kappa shape index (κ1) is 15.6. The van der Waals surface area contributed by atoms with E-state index >= 15 is 0 Å². The van der Waals surface area contributed by atoms with Gasteiger partial charge in [-0.1, -0.05) is 6.42 Å². The maximum absolute atomic E-state index is 12.0. The zero-order chi connectivity index (χ0) is 15.6. The van der Waals surface area contributed by atoms with Gasteiger partial charge in [0.15, 0.2) is 0 Å². The third kappa shape index (κ3) is 2.97. The summed E-state index contributed by atoms with van der Waals surface area (Å²) in [5, 5.41) is 0.659. The van der Waals surface area contributed by atoms with Gasteiger partial charge in [-0.3, -0.25) is 0 Å². The normalized spacial score (nSPS) is 14.4. The zero-order valence-corrected chi connectivity index (χ0v) is 13.3. The van der Waals surface area contributed by atoms with Crippen molar-refractivity contribution in [2.75, 3.05) is 38.4 Å². The molecule has 2 N–H and O–H groups in total. The Hall–Kier alpha value is -1.76. The van der Waals surface area contributed by atoms with Gasteiger partial charge in [0, 0.05) is 13.6 Å². The zero-order valence-electron chi connectivity index (χ0n) is 12.5. The lowest BCUT2D eigenvalue weighted by molar-refractivity contribution is 0.0602. The van der Waals surface area contributed by atoms with Crippen molar-refractivity contribution >= 4 is 34.0 Å². The van der Waals surface area contributed by atoms with Crippen LogP contribution in [0.5, 0.6) is 0 Å². The molecule has 7 heteroatoms. The lowest BCUT2D eigenvalue weighted by Gasteiger charge is -2.30. The number of methoxy groups -OCH3 is 2. The Morgan fingerprint density at radius 3 is 2.38 bits per heavy atom. The highest BCUT2D eigenvalue weighted by Crippen LogP contribution is 2.40. The van der Waals surface area contributed by atoms with E-state index in [-0.39, 0.29) is 16.1 Å². The van der Waals surface area contributed by atoms with Crippen LogP contribution in [0.2, 0.25) is 0 Å². The van der Waals surface area contributed by atoms with Gasteiger partial charge in [0.05, 0.1) is 19.9 Å². The van der Waals surface area contributed by atoms with Gasteiger partial charge in [-0.05, 0) is 18.8 Å². The Kier molecular flexibility index (Phi) is 4.72. The minimum Gasteiger partial charge on any atom is -0.465 e. The highest BCUT2D eigenvalue weighted by Gasteiger charge is 2.30. The molecule has 1 fully saturated rings. The lowest BCUT2D eigenvalue weighted by atomic mass is 9.85. The minimum atomic E-state index is -0.536. The van der Waals surface area contributed by atoms with Crippen molar-refractivity contribution in [1.82, 2.24) is 0 Å². The molecule has 0 aromatic carbocycles. The van der Waals surface area contributed by atoms with Crippen LogP contribution >= 0.6 is 11.3 Å². The van der Waals surface area contributed by atoms with Crippen LogP contribution in [0.4, 0.5) is 10.7 Å². The van der Waals surface area contributed by atoms with E-state index in [2.05, 4.69) is 0 Å². The summed E-state index contributed by atoms with van der Waals surface area (Å²) in [6, 6.07) is 0. The molecule has 1 aliphatic rings. The van der Waals surface area contributed by atoms with E-state index in [1.807, 2.05) is 11.9 Å². The van der Waals surface area contributed by atoms with Gasteiger partial charge in [-0.15, -0.1) is 11.3 Å². The molecule has 1 heterocycles. The van der Waals surface area contributed by atoms with Gasteiger partial charge in [0.1, 0.15) is 15.4 Å². The summed E-state index contributed by atoms with van der Waals surface area (Å²) < 4.78 is 9.50. The van der Waals surface area contributed by atoms with Crippen LogP contribution in [0.15, 0.2) is 0 Å². The molecule has 1 saturated carbocycles. The number of nitrogens with two attached hydrogens (primary N) is 1. The van der Waals surface area contributed by atoms with Gasteiger partial charge < -0.3 is 20.1 Å². The maximum atomic E-state index is 12.0. The molecule has 0 atom stereocenters. The molecule has 1 aromatic rings. The Morgan fingerprint density at radius 1 is 1.29 bits per heavy atom. The minimum absolute atomic E-state index is 0.133. The molecular formula is C14H20N2O4S. The molecule has 0 bridgehead atoms. The average molecular weight is 312 g/mol. The second-order valence-electron chi connectivity index (χ2n) is 5.19. The van der Waals surface area contributed by atoms with Gasteiger partial charge in [0.2, 0.25) is 0 Å². The van der Waals surface area contributed by atoms with Crippen molar-refractivity contribution in [3.63, 3.8) is 0 Å². The molecule has 116 valence electrons. The standard InChI is InChI=1S/C14H20N2O4S/c1-16(7-8-5-4-6-8)12-9(13(17)19-2)10(15)11(21-12)14(18)20-3/h8H,4-7,15H2,1-3H3. The van der Waals surface area contributed by atoms with Crippen LogP contribution in [-0.4, -0.2) is 39.8 Å². The molecule has 0 amide bonds. The largest absolute Gasteiger partial charge is 0.465 e. The molecule has 21 heavy (non-hydrogen) atoms. The number of rotatable bonds is 5. The van der Waals surface area contributed by atoms with Crippen molar-refractivity contribution in [2.45, 2.75) is 19.3 Å². The molecule has 0 unspecified atom stereocenters. The molecule has 1 aliphatic carbocycles. The van der Waals surface area contributed by atoms with E-state index in [1.54, 1.807) is 0 Å². The molecule has 0 radical (unpaired) electrons. The highest BCUT2D eigenvalue weighted by molar-refractivity contribution is 7.19. The molecule has 0 aliphatic heterocycles. The number of carbonyl (C=O) groups excluding carboxylic acids is 2. The summed E-state index contributed by atoms with van der Waals surface area (Å²) in [5.74, 6) is -0.439. The molecule has 2 rings (SSSR count). The van der Waals surface area contributed by atoms with Crippen LogP contribution in [-0.2, 0) is 9.47 Å². The molecule has 1 aromatic heterocycles. The number of carbonyl (C=O) groups is 2. The Labute approximate surface area is 127 Å². The average Bonchev–Trinajstić information content (AvgIpc) is 2.78. The predicted octanol–water partition coefficient (Wildman–Crippen LogP) is 2.14. The third-order valence-corrected chi connectivity index (χ3v) is 5.09. The fraction of sp³-hybridized carbons (Fsp3) is 0.571. The van der Waals surface area contributed by atoms with Crippen molar-refractivity contribution < 1.29 is 19.1 Å². The molecule has 0 spiro atoms. The molecule has 6 nitrogen and oxygen atoms in total. The number of ether oxygens (including phenoxy) is 2. The number of hydrogen-bond donors (Lipinski definition) is 1. The first-order valence-corrected chi connectivity index (χ1v) is 7.61. The summed E-state index contributed by atoms with van der Waals surface area (Å²) in [6.45, 7) is 0.838. The van der Waals surface area contributed by atoms with Crippen LogP contribution < -0.4 is 10.6 Å². The number of nitrogen functional groups attached to an aromatic ring is 1. The Morgan fingerprint density at radius 2 is 1.90 bits per heavy atom. The quantitative estimate of drug-likeness (QED) is 0.839. The summed E-state index contributed by atoms with van der Waals surface area (Å²) in [5.41, 5.74) is 6.34. The number of esters is 2. The Bertz CT molecular complexity index is 551. The van der Waals surface area contributed by atoms with E-state index in [9.17, 15) is 9.59 Å². The Balaban J connectivity index is 2.36. The second kappa shape index (κ2) is 6.34. The smallest absolute Gasteiger partial charge is 0.350 e. The van der Waals surface area contributed by atoms with E-state index in [4.69, 9.17) is 15.2 Å². The first-order chi connectivity index (χ1) is 9.99. The van der Waals surface area contributed by atoms with Crippen molar-refractivity contribution in [2.24, 2.45) is 5.92 Å². The highest BCUT2D eigenvalue weighted by atomic mass is 32.1. The van der Waals surface area contributed by atoms with Gasteiger partial charge >= 0.3 is 11.9 Å². The van der Waals surface area contributed by atoms with Crippen molar-refractivity contribution in [1.29, 1.82) is 0 Å². The van der Waals surface area contributed by atoms with Crippen molar-refractivity contribution in [3.05, 3.63) is 10.4 Å². The first-order valence-electron chi connectivity index (χ1n) is 6.79. The third-order valence-electron chi connectivity index (χ3n) is 3.79. The molecular weight excluding hydrogens is 292 g/mol. The van der Waals surface area contributed by atoms with Crippen LogP contribution in [0.25, 0.3) is 0 Å². The van der Waals surface area contributed by atoms with Crippen LogP contribution in [0.1, 0.15) is 39.3 Å². The monoisotopic (exact) mass is 312 g/mol. The lowest BCUT2D eigenvalue weighted by Crippen LogP contribution is -2.29. The summed E-state index contributed by atoms with van der Waals surface area (Å²) in [4.78, 5) is 26.0. The number of thiophene rings is 1. The topological polar surface area (TPSA) is 81.9 Å². The SMILES string of the molecule is COC(=O)c1sc(N(C)CC2CCC2)c(C(=O)OC)c1N. The van der Waals surface area contributed by atoms with Crippen LogP contribution in [0.3, 0.4) is 0 Å². The fourth-order valence-electron chi connectivity index (χ4n) is 2.39. The van der Waals surface area contributed by atoms with E-state index in [0.717, 1.165) is 6.54 Å². The summed E-state index contributed by atoms with van der Waals surface area (Å²) in [6.07, 6.45) is 3.65. The van der Waals surface area contributed by atoms with E-state index in [0.29, 0.717) is 10.9 Å². The van der Waals surface area contributed by atoms with Gasteiger partial charge in [-0.2, -0.15) is 0 Å². The van der Waals surface area contributed by atoms with Crippen LogP contribution in [0, 0.1) is 5.92 Å². The summed E-state index contributed by atoms with van der Waals surface area (Å²) >= 11 is 1.17. The second-order valence-corrected chi connectivity index (χ2v) is 6.18. The summed E-state index contributed by atoms with van der Waals surface area (Å²) in [7, 11) is 4.49. The van der Waals surface area contributed by atoms with Gasteiger partial charge in [-0.25, -0.2) is 9.59 Å². The number of anilines is 2. The van der Waals surface area contributed by atoms with E-state index in [1.165, 1.54) is 44.8 Å². The maximum Gasteiger partial charge on any atom is 0.350 e. The van der Waals surface area contributed by atoms with Gasteiger partial charge in [0.25, 0.3) is 0 Å². The fourth-order valence-corrected chi connectivity index (χ4v) is 3.49. The van der Waals surface area contributed by atoms with Crippen molar-refractivity contribution in [3.8, 4) is 0 Å². The number of nitrogens with zero attached hydrogens (tertiary/aromatic N) is 1. The molecule has 0 saturated heterocycles. The number of hydrogen-bond acceptors (Lipinski definition) is 7.